The predicted octanol–water partition coefficient (Wildman–Crippen LogP) is 0.715. The van der Waals surface area contributed by atoms with Gasteiger partial charge in [-0.05, 0) is 13.3 Å². The van der Waals surface area contributed by atoms with Gasteiger partial charge in [-0.3, -0.25) is 4.79 Å². The van der Waals surface area contributed by atoms with Crippen molar-refractivity contribution in [3.8, 4) is 0 Å². The van der Waals surface area contributed by atoms with Crippen molar-refractivity contribution in [2.24, 2.45) is 5.92 Å². The second kappa shape index (κ2) is 4.93. The van der Waals surface area contributed by atoms with Crippen LogP contribution >= 0.6 is 0 Å². The van der Waals surface area contributed by atoms with Crippen LogP contribution in [0.25, 0.3) is 0 Å². The molecule has 0 spiro atoms. The molecule has 12 heavy (non-hydrogen) atoms. The summed E-state index contributed by atoms with van der Waals surface area (Å²) in [6.07, 6.45) is 4.87. The van der Waals surface area contributed by atoms with E-state index in [0.717, 1.165) is 19.5 Å². The third kappa shape index (κ3) is 2.66. The lowest BCUT2D eigenvalue weighted by molar-refractivity contribution is -0.147. The molecule has 0 aromatic rings. The summed E-state index contributed by atoms with van der Waals surface area (Å²) in [5, 5.41) is 3.15. The molecule has 0 aliphatic carbocycles. The third-order valence-corrected chi connectivity index (χ3v) is 1.86. The maximum Gasteiger partial charge on any atom is 0.310 e. The Morgan fingerprint density at radius 1 is 1.67 bits per heavy atom. The van der Waals surface area contributed by atoms with Crippen LogP contribution in [0.4, 0.5) is 0 Å². The Balaban J connectivity index is 2.38. The zero-order valence-electron chi connectivity index (χ0n) is 7.38. The monoisotopic (exact) mass is 169 g/mol. The lowest BCUT2D eigenvalue weighted by atomic mass is 10.1. The Morgan fingerprint density at radius 2 is 2.50 bits per heavy atom. The summed E-state index contributed by atoms with van der Waals surface area (Å²) >= 11 is 0. The normalized spacial score (nSPS) is 23.2. The van der Waals surface area contributed by atoms with Crippen molar-refractivity contribution in [3.05, 3.63) is 12.2 Å². The van der Waals surface area contributed by atoms with Gasteiger partial charge in [0.25, 0.3) is 0 Å². The van der Waals surface area contributed by atoms with Crippen molar-refractivity contribution in [1.82, 2.24) is 5.32 Å². The number of ether oxygens (including phenoxy) is 1. The molecule has 0 fully saturated rings. The highest BCUT2D eigenvalue weighted by molar-refractivity contribution is 5.73. The van der Waals surface area contributed by atoms with Crippen LogP contribution in [0.3, 0.4) is 0 Å². The van der Waals surface area contributed by atoms with Gasteiger partial charge < -0.3 is 10.1 Å². The van der Waals surface area contributed by atoms with Crippen molar-refractivity contribution in [2.75, 3.05) is 19.7 Å². The number of hydrogen-bond acceptors (Lipinski definition) is 3. The van der Waals surface area contributed by atoms with E-state index in [1.54, 1.807) is 0 Å². The molecule has 1 aliphatic heterocycles. The van der Waals surface area contributed by atoms with Gasteiger partial charge in [-0.2, -0.15) is 0 Å². The zero-order chi connectivity index (χ0) is 8.81. The van der Waals surface area contributed by atoms with E-state index in [1.807, 2.05) is 19.1 Å². The molecule has 1 unspecified atom stereocenters. The minimum atomic E-state index is -0.0865. The highest BCUT2D eigenvalue weighted by atomic mass is 16.5. The molecule has 0 bridgehead atoms. The summed E-state index contributed by atoms with van der Waals surface area (Å²) in [6.45, 7) is 3.89. The van der Waals surface area contributed by atoms with Crippen LogP contribution in [0.5, 0.6) is 0 Å². The summed E-state index contributed by atoms with van der Waals surface area (Å²) < 4.78 is 4.92. The molecule has 0 radical (unpaired) electrons. The first kappa shape index (κ1) is 9.26. The van der Waals surface area contributed by atoms with Crippen molar-refractivity contribution in [3.63, 3.8) is 0 Å². The molecule has 1 rings (SSSR count). The van der Waals surface area contributed by atoms with Crippen molar-refractivity contribution < 1.29 is 9.53 Å². The van der Waals surface area contributed by atoms with E-state index in [0.29, 0.717) is 6.61 Å². The first-order valence-corrected chi connectivity index (χ1v) is 4.37. The Labute approximate surface area is 72.8 Å². The van der Waals surface area contributed by atoms with Crippen molar-refractivity contribution in [1.29, 1.82) is 0 Å². The standard InChI is InChI=1S/C9H15NO2/c1-2-12-9(11)8-5-3-4-6-10-7-8/h3-4,8,10H,2,5-7H2,1H3. The lowest BCUT2D eigenvalue weighted by Crippen LogP contribution is -2.28. The van der Waals surface area contributed by atoms with Crippen LogP contribution < -0.4 is 5.32 Å². The molecule has 0 aromatic carbocycles. The van der Waals surface area contributed by atoms with Gasteiger partial charge in [-0.1, -0.05) is 12.2 Å². The van der Waals surface area contributed by atoms with Crippen molar-refractivity contribution in [2.45, 2.75) is 13.3 Å². The molecule has 0 saturated heterocycles. The molecule has 68 valence electrons. The summed E-state index contributed by atoms with van der Waals surface area (Å²) in [7, 11) is 0. The molecule has 0 aromatic heterocycles. The van der Waals surface area contributed by atoms with E-state index in [1.165, 1.54) is 0 Å². The average Bonchev–Trinajstić information content (AvgIpc) is 2.32. The third-order valence-electron chi connectivity index (χ3n) is 1.86. The number of nitrogens with one attached hydrogen (secondary N) is 1. The fraction of sp³-hybridized carbons (Fsp3) is 0.667. The molecule has 3 nitrogen and oxygen atoms in total. The average molecular weight is 169 g/mol. The van der Waals surface area contributed by atoms with E-state index in [4.69, 9.17) is 4.74 Å². The minimum absolute atomic E-state index is 0.00343. The summed E-state index contributed by atoms with van der Waals surface area (Å²) in [5.41, 5.74) is 0. The van der Waals surface area contributed by atoms with Gasteiger partial charge in [-0.25, -0.2) is 0 Å². The minimum Gasteiger partial charge on any atom is -0.466 e. The van der Waals surface area contributed by atoms with Gasteiger partial charge >= 0.3 is 5.97 Å². The summed E-state index contributed by atoms with van der Waals surface area (Å²) in [4.78, 5) is 11.3. The largest absolute Gasteiger partial charge is 0.466 e. The molecule has 0 amide bonds. The lowest BCUT2D eigenvalue weighted by Gasteiger charge is -2.11. The molecule has 1 N–H and O–H groups in total. The SMILES string of the molecule is CCOC(=O)C1CC=CCNC1. The fourth-order valence-corrected chi connectivity index (χ4v) is 1.21. The number of esters is 1. The van der Waals surface area contributed by atoms with Crippen LogP contribution in [0.2, 0.25) is 0 Å². The van der Waals surface area contributed by atoms with Gasteiger partial charge in [0.05, 0.1) is 12.5 Å². The Bertz CT molecular complexity index is 177. The number of allylic oxidation sites excluding steroid dienone is 1. The maximum absolute atomic E-state index is 11.3. The Kier molecular flexibility index (Phi) is 3.80. The first-order chi connectivity index (χ1) is 5.84. The van der Waals surface area contributed by atoms with Gasteiger partial charge in [0.2, 0.25) is 0 Å². The van der Waals surface area contributed by atoms with Crippen LogP contribution in [0.1, 0.15) is 13.3 Å². The molecular formula is C9H15NO2. The van der Waals surface area contributed by atoms with E-state index < -0.39 is 0 Å². The molecule has 3 heteroatoms. The number of carbonyl (C=O) groups excluding carboxylic acids is 1. The number of carbonyl (C=O) groups is 1. The summed E-state index contributed by atoms with van der Waals surface area (Å²) in [5.74, 6) is -0.0831. The quantitative estimate of drug-likeness (QED) is 0.489. The van der Waals surface area contributed by atoms with Crippen molar-refractivity contribution >= 4 is 5.97 Å². The predicted molar refractivity (Wildman–Crippen MR) is 46.7 cm³/mol. The van der Waals surface area contributed by atoms with E-state index in [2.05, 4.69) is 5.32 Å². The van der Waals surface area contributed by atoms with Crippen LogP contribution in [0, 0.1) is 5.92 Å². The summed E-state index contributed by atoms with van der Waals surface area (Å²) in [6, 6.07) is 0. The molecule has 1 atom stereocenters. The maximum atomic E-state index is 11.3. The Morgan fingerprint density at radius 3 is 3.25 bits per heavy atom. The second-order valence-corrected chi connectivity index (χ2v) is 2.81. The van der Waals surface area contributed by atoms with Crippen LogP contribution in [-0.4, -0.2) is 25.7 Å². The van der Waals surface area contributed by atoms with E-state index >= 15 is 0 Å². The smallest absolute Gasteiger partial charge is 0.310 e. The first-order valence-electron chi connectivity index (χ1n) is 4.37. The van der Waals surface area contributed by atoms with Crippen LogP contribution in [-0.2, 0) is 9.53 Å². The fourth-order valence-electron chi connectivity index (χ4n) is 1.21. The Hall–Kier alpha value is -0.830. The van der Waals surface area contributed by atoms with Gasteiger partial charge in [0.15, 0.2) is 0 Å². The molecule has 1 heterocycles. The molecular weight excluding hydrogens is 154 g/mol. The second-order valence-electron chi connectivity index (χ2n) is 2.81. The highest BCUT2D eigenvalue weighted by Gasteiger charge is 2.18. The van der Waals surface area contributed by atoms with E-state index in [9.17, 15) is 4.79 Å². The zero-order valence-corrected chi connectivity index (χ0v) is 7.38. The van der Waals surface area contributed by atoms with Gasteiger partial charge in [-0.15, -0.1) is 0 Å². The van der Waals surface area contributed by atoms with E-state index in [-0.39, 0.29) is 11.9 Å². The highest BCUT2D eigenvalue weighted by Crippen LogP contribution is 2.07. The van der Waals surface area contributed by atoms with Gasteiger partial charge in [0, 0.05) is 13.1 Å². The molecule has 1 aliphatic rings. The number of rotatable bonds is 2. The topological polar surface area (TPSA) is 38.3 Å². The molecule has 0 saturated carbocycles. The van der Waals surface area contributed by atoms with Gasteiger partial charge in [0.1, 0.15) is 0 Å². The van der Waals surface area contributed by atoms with Crippen LogP contribution in [0.15, 0.2) is 12.2 Å². The number of hydrogen-bond donors (Lipinski definition) is 1.